The summed E-state index contributed by atoms with van der Waals surface area (Å²) in [6.45, 7) is 0.329. The molecule has 6 atom stereocenters. The second kappa shape index (κ2) is 11.9. The van der Waals surface area contributed by atoms with Crippen LogP contribution in [0.1, 0.15) is 19.8 Å². The third-order valence-corrected chi connectivity index (χ3v) is 6.52. The number of aliphatic hydroxyl groups excluding tert-OH is 3. The van der Waals surface area contributed by atoms with Crippen molar-refractivity contribution in [2.45, 2.75) is 56.1 Å². The highest BCUT2D eigenvalue weighted by atomic mass is 16.7. The maximum atomic E-state index is 13.5. The van der Waals surface area contributed by atoms with Crippen molar-refractivity contribution in [2.75, 3.05) is 6.61 Å². The van der Waals surface area contributed by atoms with E-state index in [1.807, 2.05) is 0 Å². The number of hydrogen-bond acceptors (Lipinski definition) is 15. The van der Waals surface area contributed by atoms with Gasteiger partial charge >= 0.3 is 11.9 Å². The summed E-state index contributed by atoms with van der Waals surface area (Å²) in [5.41, 5.74) is -3.39. The fraction of sp³-hybridized carbons (Fsp3) is 0.370. The molecule has 43 heavy (non-hydrogen) atoms. The summed E-state index contributed by atoms with van der Waals surface area (Å²) in [6.07, 6.45) is -10.9. The van der Waals surface area contributed by atoms with Gasteiger partial charge in [0.15, 0.2) is 17.3 Å². The molecule has 1 saturated heterocycles. The monoisotopic (exact) mass is 608 g/mol. The molecule has 2 aromatic carbocycles. The average Bonchev–Trinajstić information content (AvgIpc) is 2.89. The number of carbonyl (C=O) groups is 2. The predicted octanol–water partition coefficient (Wildman–Crippen LogP) is -0.372. The number of ether oxygens (including phenoxy) is 3. The van der Waals surface area contributed by atoms with Crippen molar-refractivity contribution < 1.29 is 74.2 Å². The van der Waals surface area contributed by atoms with Crippen LogP contribution in [0.4, 0.5) is 0 Å². The Kier molecular flexibility index (Phi) is 8.70. The van der Waals surface area contributed by atoms with Gasteiger partial charge in [0.1, 0.15) is 53.5 Å². The van der Waals surface area contributed by atoms with E-state index in [4.69, 9.17) is 23.7 Å². The summed E-state index contributed by atoms with van der Waals surface area (Å²) < 4.78 is 21.8. The van der Waals surface area contributed by atoms with Crippen LogP contribution in [-0.4, -0.2) is 101 Å². The Morgan fingerprint density at radius 1 is 0.930 bits per heavy atom. The summed E-state index contributed by atoms with van der Waals surface area (Å²) in [6, 6.07) is 5.12. The fourth-order valence-electron chi connectivity index (χ4n) is 4.42. The SMILES string of the molecule is CC(O)(CC(=O)O)CC(=O)OC[C@H]1O[C@H](Oc2c(-c3ccc(O)c(O)c3)oc3cc(O)cc(O)c3c2=O)[C@H](O)[C@@H](O)[C@@H]1O. The number of aliphatic hydroxyl groups is 4. The number of esters is 1. The standard InChI is InChI=1S/C27H28O16/c1-27(39,7-17(32)33)8-18(34)40-9-16-20(35)22(37)23(38)26(42-16)43-25-21(36)19-14(31)5-11(28)6-15(19)41-24(25)10-2-3-12(29)13(30)4-10/h2-6,16,20,22-23,26,28-31,35,37-39H,7-9H2,1H3,(H,32,33)/t16-,20-,22+,23-,26-,27?/m1/s1. The molecule has 1 aliphatic heterocycles. The Morgan fingerprint density at radius 2 is 1.63 bits per heavy atom. The molecular formula is C27H28O16. The number of benzene rings is 2. The Hall–Kier alpha value is -4.61. The first-order valence-electron chi connectivity index (χ1n) is 12.6. The second-order valence-electron chi connectivity index (χ2n) is 10.2. The number of carbonyl (C=O) groups excluding carboxylic acids is 1. The third kappa shape index (κ3) is 6.73. The van der Waals surface area contributed by atoms with Gasteiger partial charge in [0.05, 0.1) is 18.4 Å². The van der Waals surface area contributed by atoms with E-state index >= 15 is 0 Å². The average molecular weight is 609 g/mol. The zero-order chi connectivity index (χ0) is 31.8. The van der Waals surface area contributed by atoms with Gasteiger partial charge in [0.2, 0.25) is 17.5 Å². The lowest BCUT2D eigenvalue weighted by Crippen LogP contribution is -2.60. The van der Waals surface area contributed by atoms with Crippen LogP contribution in [0.3, 0.4) is 0 Å². The van der Waals surface area contributed by atoms with Gasteiger partial charge in [-0.05, 0) is 25.1 Å². The quantitative estimate of drug-likeness (QED) is 0.111. The molecule has 0 saturated carbocycles. The molecule has 0 spiro atoms. The molecule has 9 N–H and O–H groups in total. The summed E-state index contributed by atoms with van der Waals surface area (Å²) in [7, 11) is 0. The number of fused-ring (bicyclic) bond motifs is 1. The molecule has 1 fully saturated rings. The molecule has 232 valence electrons. The Balaban J connectivity index is 1.67. The van der Waals surface area contributed by atoms with Crippen molar-refractivity contribution in [3.63, 3.8) is 0 Å². The smallest absolute Gasteiger partial charge is 0.308 e. The van der Waals surface area contributed by atoms with Crippen LogP contribution in [0, 0.1) is 0 Å². The molecule has 0 radical (unpaired) electrons. The van der Waals surface area contributed by atoms with Crippen molar-refractivity contribution in [3.8, 4) is 40.1 Å². The Morgan fingerprint density at radius 3 is 2.28 bits per heavy atom. The van der Waals surface area contributed by atoms with Gasteiger partial charge in [-0.15, -0.1) is 0 Å². The lowest BCUT2D eigenvalue weighted by Gasteiger charge is -2.39. The van der Waals surface area contributed by atoms with Gasteiger partial charge in [-0.3, -0.25) is 14.4 Å². The summed E-state index contributed by atoms with van der Waals surface area (Å²) in [5, 5.41) is 89.8. The molecule has 1 unspecified atom stereocenters. The van der Waals surface area contributed by atoms with Crippen molar-refractivity contribution in [3.05, 3.63) is 40.6 Å². The van der Waals surface area contributed by atoms with E-state index < -0.39 is 113 Å². The molecular weight excluding hydrogens is 580 g/mol. The summed E-state index contributed by atoms with van der Waals surface area (Å²) >= 11 is 0. The van der Waals surface area contributed by atoms with Crippen molar-refractivity contribution >= 4 is 22.9 Å². The number of aliphatic carboxylic acids is 1. The fourth-order valence-corrected chi connectivity index (χ4v) is 4.42. The van der Waals surface area contributed by atoms with Crippen LogP contribution >= 0.6 is 0 Å². The minimum absolute atomic E-state index is 0.0584. The van der Waals surface area contributed by atoms with Crippen molar-refractivity contribution in [2.24, 2.45) is 0 Å². The highest BCUT2D eigenvalue weighted by Crippen LogP contribution is 2.39. The van der Waals surface area contributed by atoms with E-state index in [0.29, 0.717) is 0 Å². The number of carboxylic acids is 1. The molecule has 16 heteroatoms. The van der Waals surface area contributed by atoms with E-state index in [0.717, 1.165) is 31.2 Å². The van der Waals surface area contributed by atoms with E-state index in [1.54, 1.807) is 0 Å². The van der Waals surface area contributed by atoms with Crippen molar-refractivity contribution in [1.82, 2.24) is 0 Å². The number of phenols is 4. The zero-order valence-corrected chi connectivity index (χ0v) is 22.3. The van der Waals surface area contributed by atoms with Crippen LogP contribution in [0.2, 0.25) is 0 Å². The number of carboxylic acid groups (broad SMARTS) is 1. The maximum Gasteiger partial charge on any atom is 0.308 e. The van der Waals surface area contributed by atoms with Gasteiger partial charge in [0.25, 0.3) is 0 Å². The lowest BCUT2D eigenvalue weighted by molar-refractivity contribution is -0.278. The van der Waals surface area contributed by atoms with Crippen LogP contribution in [0.25, 0.3) is 22.3 Å². The van der Waals surface area contributed by atoms with Crippen molar-refractivity contribution in [1.29, 1.82) is 0 Å². The van der Waals surface area contributed by atoms with Gasteiger partial charge in [-0.25, -0.2) is 0 Å². The maximum absolute atomic E-state index is 13.5. The number of aromatic hydroxyl groups is 4. The molecule has 3 aromatic rings. The van der Waals surface area contributed by atoms with Gasteiger partial charge in [-0.1, -0.05) is 0 Å². The molecule has 1 aliphatic rings. The minimum atomic E-state index is -2.01. The van der Waals surface area contributed by atoms with Crippen LogP contribution in [0.5, 0.6) is 28.7 Å². The first-order valence-corrected chi connectivity index (χ1v) is 12.6. The minimum Gasteiger partial charge on any atom is -0.508 e. The summed E-state index contributed by atoms with van der Waals surface area (Å²) in [4.78, 5) is 36.6. The lowest BCUT2D eigenvalue weighted by atomic mass is 9.98. The van der Waals surface area contributed by atoms with E-state index in [9.17, 15) is 55.2 Å². The first-order chi connectivity index (χ1) is 20.1. The number of phenolic OH excluding ortho intramolecular Hbond substituents is 4. The first kappa shape index (κ1) is 31.3. The van der Waals surface area contributed by atoms with Crippen LogP contribution in [0.15, 0.2) is 39.5 Å². The summed E-state index contributed by atoms with van der Waals surface area (Å²) in [5.74, 6) is -5.93. The van der Waals surface area contributed by atoms with Gasteiger partial charge < -0.3 is 64.6 Å². The topological polar surface area (TPSA) is 274 Å². The predicted molar refractivity (Wildman–Crippen MR) is 140 cm³/mol. The van der Waals surface area contributed by atoms with E-state index in [-0.39, 0.29) is 11.1 Å². The highest BCUT2D eigenvalue weighted by molar-refractivity contribution is 5.88. The Bertz CT molecular complexity index is 1590. The Labute approximate surface area is 240 Å². The number of hydrogen-bond donors (Lipinski definition) is 9. The molecule has 4 rings (SSSR count). The van der Waals surface area contributed by atoms with Crippen LogP contribution < -0.4 is 10.2 Å². The van der Waals surface area contributed by atoms with Gasteiger partial charge in [0, 0.05) is 17.7 Å². The van der Waals surface area contributed by atoms with E-state index in [2.05, 4.69) is 0 Å². The zero-order valence-electron chi connectivity index (χ0n) is 22.3. The molecule has 2 heterocycles. The molecule has 16 nitrogen and oxygen atoms in total. The second-order valence-corrected chi connectivity index (χ2v) is 10.2. The molecule has 1 aromatic heterocycles. The van der Waals surface area contributed by atoms with E-state index in [1.165, 1.54) is 6.07 Å². The van der Waals surface area contributed by atoms with Crippen LogP contribution in [-0.2, 0) is 19.1 Å². The molecule has 0 amide bonds. The van der Waals surface area contributed by atoms with Gasteiger partial charge in [-0.2, -0.15) is 0 Å². The normalized spacial score (nSPS) is 23.4. The largest absolute Gasteiger partial charge is 0.508 e. The number of rotatable bonds is 9. The molecule has 0 aliphatic carbocycles. The third-order valence-electron chi connectivity index (χ3n) is 6.52. The molecule has 0 bridgehead atoms. The highest BCUT2D eigenvalue weighted by Gasteiger charge is 2.46.